The van der Waals surface area contributed by atoms with Crippen LogP contribution in [-0.4, -0.2) is 51.4 Å². The molecule has 6 aliphatic rings. The molecule has 4 N–H and O–H groups in total. The Morgan fingerprint density at radius 1 is 0.410 bits per heavy atom. The summed E-state index contributed by atoms with van der Waals surface area (Å²) in [5.74, 6) is 0.0388. The SMILES string of the molecule is C/C=C/C(C)=C/C=C/C(C)=C/C=C/C=C(C)/C=C/C=C(C)/C=C/c1ccc(NC)cc1.C/C=C/C(C)=C/C=C/C(C)=C/C=C/C=C(C)/C=C/C=C(C)/C=C/c1ccc(NC)cc1.C=C1c2[nH]c3c(c4nc(c(-c5ccc(C(C)=O)cc5)c5[nH]c(cc6nc(c2-c2ccc(C(C)=O)cc2)C(C)=C6C)c(C)c5C)C(C)=C4C)C2=C(C(C)=O)[C@]13C2. The van der Waals surface area contributed by atoms with Crippen molar-refractivity contribution >= 4 is 85.3 Å². The number of allylic oxidation sites excluding steroid dienone is 41. The standard InChI is InChI=1S/C48H42N4O3.2C30H37N/c1-21-23(3)42-38(33-15-11-31(12-16-33)28(8)53)44-25(5)26(6)45(51-44)40-35-20-48(41(35)30(10)55)27(7)46(52-47(40)48)39(34-17-13-32(14-18-34)29(9)54)43-24(4)22(2)37(50-43)19-36(21)49-42;2*1-7-12-25(2)15-10-16-26(3)13-8-9-14-27(4)17-11-18-28(5)19-20-29-21-23-30(31-6)24-22-29/h11-19,49,52H,7,20H2,1-6,8-10H3;2*7-24,31H,1-6H3/b;2*9-8+,12-7+,16-10+,17-11+,20-19+,25-15+,26-13+,27-14+,28-18+/t48-;;/m0../s1. The predicted octanol–water partition coefficient (Wildman–Crippen LogP) is 28.5. The van der Waals surface area contributed by atoms with Gasteiger partial charge in [0.05, 0.1) is 39.4 Å². The van der Waals surface area contributed by atoms with Crippen LogP contribution < -0.4 is 10.6 Å². The molecule has 0 fully saturated rings. The first-order valence-electron chi connectivity index (χ1n) is 40.3. The van der Waals surface area contributed by atoms with E-state index in [0.717, 1.165) is 135 Å². The number of hydrogen-bond donors (Lipinski definition) is 4. The number of fused-ring (bicyclic) bond motifs is 7. The van der Waals surface area contributed by atoms with E-state index in [9.17, 15) is 14.4 Å². The van der Waals surface area contributed by atoms with E-state index in [-0.39, 0.29) is 17.3 Å². The molecule has 3 aliphatic carbocycles. The van der Waals surface area contributed by atoms with Gasteiger partial charge in [-0.15, -0.1) is 0 Å². The van der Waals surface area contributed by atoms with Crippen LogP contribution in [-0.2, 0) is 10.2 Å². The van der Waals surface area contributed by atoms with Gasteiger partial charge in [0.15, 0.2) is 17.3 Å². The summed E-state index contributed by atoms with van der Waals surface area (Å²) in [5, 5.41) is 6.26. The first-order valence-corrected chi connectivity index (χ1v) is 40.3. The fourth-order valence-corrected chi connectivity index (χ4v) is 14.5. The van der Waals surface area contributed by atoms with Crippen LogP contribution in [0.3, 0.4) is 0 Å². The summed E-state index contributed by atoms with van der Waals surface area (Å²) in [6.07, 6.45) is 59.5. The van der Waals surface area contributed by atoms with Crippen LogP contribution in [0.1, 0.15) is 207 Å². The highest BCUT2D eigenvalue weighted by Crippen LogP contribution is 2.69. The third-order valence-corrected chi connectivity index (χ3v) is 21.7. The van der Waals surface area contributed by atoms with Gasteiger partial charge in [-0.05, 0) is 235 Å². The molecule has 9 nitrogen and oxygen atoms in total. The molecule has 0 unspecified atom stereocenters. The van der Waals surface area contributed by atoms with Crippen LogP contribution >= 0.6 is 0 Å². The van der Waals surface area contributed by atoms with Gasteiger partial charge in [0.1, 0.15) is 0 Å². The monoisotopic (exact) mass is 1540 g/mol. The topological polar surface area (TPSA) is 133 Å². The van der Waals surface area contributed by atoms with Crippen molar-refractivity contribution in [2.45, 2.75) is 143 Å². The summed E-state index contributed by atoms with van der Waals surface area (Å²) in [5.41, 5.74) is 35.7. The number of anilines is 2. The van der Waals surface area contributed by atoms with Crippen molar-refractivity contribution in [3.05, 3.63) is 391 Å². The third kappa shape index (κ3) is 21.8. The smallest absolute Gasteiger partial charge is 0.159 e. The van der Waals surface area contributed by atoms with Gasteiger partial charge in [-0.1, -0.05) is 294 Å². The highest BCUT2D eigenvalue weighted by molar-refractivity contribution is 6.19. The molecular weight excluding hydrogens is 1430 g/mol. The Morgan fingerprint density at radius 2 is 0.778 bits per heavy atom. The first kappa shape index (κ1) is 88.1. The van der Waals surface area contributed by atoms with Gasteiger partial charge < -0.3 is 20.6 Å². The minimum Gasteiger partial charge on any atom is -0.388 e. The molecule has 10 bridgehead atoms. The Hall–Kier alpha value is -12.9. The third-order valence-electron chi connectivity index (χ3n) is 21.7. The van der Waals surface area contributed by atoms with Crippen molar-refractivity contribution in [1.82, 2.24) is 19.9 Å². The van der Waals surface area contributed by atoms with Gasteiger partial charge in [-0.3, -0.25) is 14.4 Å². The lowest BCUT2D eigenvalue weighted by atomic mass is 9.63. The van der Waals surface area contributed by atoms with Crippen LogP contribution in [0.4, 0.5) is 11.4 Å². The molecule has 4 aromatic carbocycles. The van der Waals surface area contributed by atoms with E-state index in [0.29, 0.717) is 17.5 Å². The summed E-state index contributed by atoms with van der Waals surface area (Å²) in [6, 6.07) is 34.4. The summed E-state index contributed by atoms with van der Waals surface area (Å²) >= 11 is 0. The number of nitrogens with zero attached hydrogens (tertiary/aromatic N) is 2. The number of benzene rings is 4. The Labute approximate surface area is 696 Å². The number of carbonyl (C=O) groups excluding carboxylic acids is 3. The van der Waals surface area contributed by atoms with Crippen molar-refractivity contribution in [3.63, 3.8) is 0 Å². The molecular formula is C108H116N6O3. The van der Waals surface area contributed by atoms with Crippen LogP contribution in [0.15, 0.2) is 318 Å². The number of carbonyl (C=O) groups is 3. The number of aromatic amines is 2. The Morgan fingerprint density at radius 3 is 1.17 bits per heavy atom. The molecule has 5 heterocycles. The second-order valence-corrected chi connectivity index (χ2v) is 30.6. The number of nitrogens with one attached hydrogen (secondary N) is 4. The van der Waals surface area contributed by atoms with E-state index < -0.39 is 5.41 Å². The lowest BCUT2D eigenvalue weighted by Crippen LogP contribution is -2.33. The molecule has 0 amide bonds. The van der Waals surface area contributed by atoms with Gasteiger partial charge in [-0.2, -0.15) is 0 Å². The van der Waals surface area contributed by atoms with E-state index in [1.54, 1.807) is 20.8 Å². The highest BCUT2D eigenvalue weighted by Gasteiger charge is 2.62. The molecule has 117 heavy (non-hydrogen) atoms. The predicted molar refractivity (Wildman–Crippen MR) is 506 cm³/mol. The van der Waals surface area contributed by atoms with Gasteiger partial charge in [0.25, 0.3) is 0 Å². The van der Waals surface area contributed by atoms with Crippen molar-refractivity contribution in [2.75, 3.05) is 24.7 Å². The zero-order valence-electron chi connectivity index (χ0n) is 72.5. The van der Waals surface area contributed by atoms with Crippen LogP contribution in [0.25, 0.3) is 78.9 Å². The van der Waals surface area contributed by atoms with E-state index >= 15 is 0 Å². The van der Waals surface area contributed by atoms with E-state index in [2.05, 4.69) is 330 Å². The Kier molecular flexibility index (Phi) is 30.8. The highest BCUT2D eigenvalue weighted by atomic mass is 16.1. The minimum atomic E-state index is -0.689. The van der Waals surface area contributed by atoms with E-state index in [1.165, 1.54) is 55.7 Å². The van der Waals surface area contributed by atoms with Crippen molar-refractivity contribution in [2.24, 2.45) is 0 Å². The van der Waals surface area contributed by atoms with Crippen LogP contribution in [0.5, 0.6) is 0 Å². The zero-order valence-corrected chi connectivity index (χ0v) is 72.5. The molecule has 0 saturated heterocycles. The zero-order chi connectivity index (χ0) is 84.8. The molecule has 1 spiro atoms. The molecule has 2 aromatic heterocycles. The number of hydrogen-bond acceptors (Lipinski definition) is 7. The molecule has 9 heteroatoms. The Bertz CT molecular complexity index is 5610. The fourth-order valence-electron chi connectivity index (χ4n) is 14.5. The molecule has 1 atom stereocenters. The second-order valence-electron chi connectivity index (χ2n) is 30.6. The average Bonchev–Trinajstić information content (AvgIpc) is 1.48. The van der Waals surface area contributed by atoms with Crippen molar-refractivity contribution in [1.29, 1.82) is 0 Å². The summed E-state index contributed by atoms with van der Waals surface area (Å²) in [4.78, 5) is 56.9. The van der Waals surface area contributed by atoms with Gasteiger partial charge in [0.2, 0.25) is 0 Å². The first-order chi connectivity index (χ1) is 56.0. The molecule has 6 aromatic rings. The summed E-state index contributed by atoms with van der Waals surface area (Å²) in [7, 11) is 3.86. The second kappa shape index (κ2) is 40.9. The maximum atomic E-state index is 13.7. The number of aryl methyl sites for hydroxylation is 2. The maximum Gasteiger partial charge on any atom is 0.159 e. The quantitative estimate of drug-likeness (QED) is 0.0331. The largest absolute Gasteiger partial charge is 0.388 e. The lowest BCUT2D eigenvalue weighted by molar-refractivity contribution is -0.114. The van der Waals surface area contributed by atoms with Gasteiger partial charge in [-0.25, -0.2) is 9.97 Å². The van der Waals surface area contributed by atoms with Crippen molar-refractivity contribution < 1.29 is 14.4 Å². The van der Waals surface area contributed by atoms with Crippen molar-refractivity contribution in [3.8, 4) is 22.3 Å². The minimum absolute atomic E-state index is 0.000849. The number of ketones is 3. The molecule has 596 valence electrons. The van der Waals surface area contributed by atoms with E-state index in [1.807, 2.05) is 88.6 Å². The van der Waals surface area contributed by atoms with Gasteiger partial charge in [0, 0.05) is 70.1 Å². The molecule has 12 rings (SSSR count). The lowest BCUT2D eigenvalue weighted by Gasteiger charge is -2.36. The molecule has 3 aliphatic heterocycles. The van der Waals surface area contributed by atoms with E-state index in [4.69, 9.17) is 16.5 Å². The fraction of sp³-hybridized carbons (Fsp3) is 0.213. The number of H-pyrrole nitrogens is 2. The number of Topliss-reactive ketones (excluding diaryl/α,β-unsaturated/α-hetero) is 3. The number of aromatic nitrogens is 4. The number of rotatable bonds is 25. The maximum absolute atomic E-state index is 13.7. The average molecular weight is 1550 g/mol. The normalized spacial score (nSPS) is 16.2. The van der Waals surface area contributed by atoms with Gasteiger partial charge >= 0.3 is 0 Å². The summed E-state index contributed by atoms with van der Waals surface area (Å²) in [6.45, 7) is 43.2. The van der Waals surface area contributed by atoms with Crippen LogP contribution in [0, 0.1) is 13.8 Å². The molecule has 0 radical (unpaired) electrons. The summed E-state index contributed by atoms with van der Waals surface area (Å²) < 4.78 is 0. The van der Waals surface area contributed by atoms with Crippen LogP contribution in [0.2, 0.25) is 0 Å². The Balaban J connectivity index is 0.000000217. The molecule has 0 saturated carbocycles.